The van der Waals surface area contributed by atoms with Crippen molar-refractivity contribution in [1.29, 1.82) is 0 Å². The van der Waals surface area contributed by atoms with Crippen LogP contribution >= 0.6 is 11.6 Å². The third-order valence-corrected chi connectivity index (χ3v) is 2.54. The molecule has 0 aliphatic carbocycles. The van der Waals surface area contributed by atoms with Crippen molar-refractivity contribution in [3.8, 4) is 5.69 Å². The van der Waals surface area contributed by atoms with Gasteiger partial charge in [0, 0.05) is 17.6 Å². The largest absolute Gasteiger partial charge is 0.309 e. The fourth-order valence-corrected chi connectivity index (χ4v) is 1.51. The Hall–Kier alpha value is -1.39. The molecule has 0 saturated heterocycles. The van der Waals surface area contributed by atoms with Crippen LogP contribution in [0.15, 0.2) is 30.5 Å². The first-order chi connectivity index (χ1) is 8.15. The van der Waals surface area contributed by atoms with Gasteiger partial charge in [-0.2, -0.15) is 15.0 Å². The maximum absolute atomic E-state index is 5.83. The summed E-state index contributed by atoms with van der Waals surface area (Å²) in [6.45, 7) is 4.93. The third-order valence-electron chi connectivity index (χ3n) is 2.29. The predicted molar refractivity (Wildman–Crippen MR) is 68.3 cm³/mol. The molecule has 0 spiro atoms. The molecule has 0 fully saturated rings. The summed E-state index contributed by atoms with van der Waals surface area (Å²) in [6, 6.07) is 7.87. The summed E-state index contributed by atoms with van der Waals surface area (Å²) in [6.07, 6.45) is 1.77. The van der Waals surface area contributed by atoms with E-state index >= 15 is 0 Å². The second-order valence-electron chi connectivity index (χ2n) is 4.14. The van der Waals surface area contributed by atoms with Crippen molar-refractivity contribution in [2.45, 2.75) is 26.4 Å². The molecule has 0 unspecified atom stereocenters. The molecule has 90 valence electrons. The molecule has 0 amide bonds. The van der Waals surface area contributed by atoms with Crippen LogP contribution in [-0.4, -0.2) is 21.0 Å². The van der Waals surface area contributed by atoms with Crippen LogP contribution in [0, 0.1) is 0 Å². The van der Waals surface area contributed by atoms with Gasteiger partial charge in [0.25, 0.3) is 0 Å². The topological polar surface area (TPSA) is 42.7 Å². The lowest BCUT2D eigenvalue weighted by Crippen LogP contribution is -2.22. The van der Waals surface area contributed by atoms with Crippen molar-refractivity contribution in [3.05, 3.63) is 41.2 Å². The summed E-state index contributed by atoms with van der Waals surface area (Å²) in [5, 5.41) is 12.6. The molecule has 5 heteroatoms. The quantitative estimate of drug-likeness (QED) is 0.906. The third kappa shape index (κ3) is 3.28. The van der Waals surface area contributed by atoms with E-state index in [0.29, 0.717) is 11.1 Å². The van der Waals surface area contributed by atoms with Crippen LogP contribution in [-0.2, 0) is 6.54 Å². The summed E-state index contributed by atoms with van der Waals surface area (Å²) in [7, 11) is 0. The summed E-state index contributed by atoms with van der Waals surface area (Å²) < 4.78 is 0. The van der Waals surface area contributed by atoms with Gasteiger partial charge in [0.05, 0.1) is 17.6 Å². The van der Waals surface area contributed by atoms with E-state index in [1.54, 1.807) is 11.0 Å². The minimum atomic E-state index is 0.440. The van der Waals surface area contributed by atoms with E-state index < -0.39 is 0 Å². The SMILES string of the molecule is CC(C)NCc1cnn(-c2ccc(Cl)cc2)n1. The summed E-state index contributed by atoms with van der Waals surface area (Å²) in [4.78, 5) is 1.60. The van der Waals surface area contributed by atoms with Crippen LogP contribution in [0.4, 0.5) is 0 Å². The molecule has 1 aromatic carbocycles. The van der Waals surface area contributed by atoms with Gasteiger partial charge >= 0.3 is 0 Å². The summed E-state index contributed by atoms with van der Waals surface area (Å²) in [5.74, 6) is 0. The van der Waals surface area contributed by atoms with E-state index in [4.69, 9.17) is 11.6 Å². The molecule has 0 bridgehead atoms. The second kappa shape index (κ2) is 5.29. The molecule has 0 saturated carbocycles. The fourth-order valence-electron chi connectivity index (χ4n) is 1.38. The summed E-state index contributed by atoms with van der Waals surface area (Å²) >= 11 is 5.83. The molecule has 2 rings (SSSR count). The van der Waals surface area contributed by atoms with Crippen LogP contribution in [0.25, 0.3) is 5.69 Å². The Morgan fingerprint density at radius 3 is 2.65 bits per heavy atom. The average Bonchev–Trinajstić information content (AvgIpc) is 2.76. The minimum Gasteiger partial charge on any atom is -0.309 e. The first kappa shape index (κ1) is 12.1. The van der Waals surface area contributed by atoms with Gasteiger partial charge in [-0.1, -0.05) is 25.4 Å². The lowest BCUT2D eigenvalue weighted by Gasteiger charge is -2.04. The van der Waals surface area contributed by atoms with Crippen LogP contribution in [0.5, 0.6) is 0 Å². The van der Waals surface area contributed by atoms with Gasteiger partial charge in [0.2, 0.25) is 0 Å². The Balaban J connectivity index is 2.10. The first-order valence-corrected chi connectivity index (χ1v) is 5.93. The van der Waals surface area contributed by atoms with Gasteiger partial charge in [-0.15, -0.1) is 0 Å². The van der Waals surface area contributed by atoms with Crippen LogP contribution in [0.1, 0.15) is 19.5 Å². The first-order valence-electron chi connectivity index (χ1n) is 5.55. The van der Waals surface area contributed by atoms with Crippen LogP contribution in [0.3, 0.4) is 0 Å². The lowest BCUT2D eigenvalue weighted by molar-refractivity contribution is 0.577. The normalized spacial score (nSPS) is 11.1. The van der Waals surface area contributed by atoms with Gasteiger partial charge in [-0.3, -0.25) is 0 Å². The minimum absolute atomic E-state index is 0.440. The molecule has 0 aliphatic heterocycles. The molecule has 1 heterocycles. The summed E-state index contributed by atoms with van der Waals surface area (Å²) in [5.41, 5.74) is 1.83. The van der Waals surface area contributed by atoms with E-state index in [9.17, 15) is 0 Å². The zero-order valence-corrected chi connectivity index (χ0v) is 10.6. The van der Waals surface area contributed by atoms with Gasteiger partial charge in [0.15, 0.2) is 0 Å². The van der Waals surface area contributed by atoms with Crippen molar-refractivity contribution in [3.63, 3.8) is 0 Å². The maximum atomic E-state index is 5.83. The molecule has 0 atom stereocenters. The van der Waals surface area contributed by atoms with E-state index in [0.717, 1.165) is 17.9 Å². The molecule has 4 nitrogen and oxygen atoms in total. The zero-order valence-electron chi connectivity index (χ0n) is 9.89. The second-order valence-corrected chi connectivity index (χ2v) is 4.57. The van der Waals surface area contributed by atoms with E-state index in [1.165, 1.54) is 0 Å². The Labute approximate surface area is 106 Å². The van der Waals surface area contributed by atoms with Crippen molar-refractivity contribution in [2.75, 3.05) is 0 Å². The standard InChI is InChI=1S/C12H15ClN4/c1-9(2)14-7-11-8-15-17(16-11)12-5-3-10(13)4-6-12/h3-6,8-9,14H,7H2,1-2H3. The van der Waals surface area contributed by atoms with Gasteiger partial charge in [0.1, 0.15) is 0 Å². The highest BCUT2D eigenvalue weighted by atomic mass is 35.5. The number of nitrogens with zero attached hydrogens (tertiary/aromatic N) is 3. The van der Waals surface area contributed by atoms with E-state index in [-0.39, 0.29) is 0 Å². The number of hydrogen-bond acceptors (Lipinski definition) is 3. The lowest BCUT2D eigenvalue weighted by atomic mass is 10.3. The number of hydrogen-bond donors (Lipinski definition) is 1. The van der Waals surface area contributed by atoms with Crippen molar-refractivity contribution < 1.29 is 0 Å². The fraction of sp³-hybridized carbons (Fsp3) is 0.333. The maximum Gasteiger partial charge on any atom is 0.0969 e. The Bertz CT molecular complexity index is 476. The smallest absolute Gasteiger partial charge is 0.0969 e. The van der Waals surface area contributed by atoms with Crippen LogP contribution < -0.4 is 5.32 Å². The van der Waals surface area contributed by atoms with Crippen molar-refractivity contribution in [2.24, 2.45) is 0 Å². The van der Waals surface area contributed by atoms with Gasteiger partial charge in [-0.05, 0) is 24.3 Å². The molecule has 1 aromatic heterocycles. The molecule has 1 N–H and O–H groups in total. The average molecular weight is 251 g/mol. The zero-order chi connectivity index (χ0) is 12.3. The Morgan fingerprint density at radius 1 is 1.29 bits per heavy atom. The highest BCUT2D eigenvalue weighted by molar-refractivity contribution is 6.30. The Kier molecular flexibility index (Phi) is 3.76. The van der Waals surface area contributed by atoms with Crippen molar-refractivity contribution >= 4 is 11.6 Å². The molecule has 17 heavy (non-hydrogen) atoms. The van der Waals surface area contributed by atoms with Gasteiger partial charge in [-0.25, -0.2) is 0 Å². The molecular formula is C12H15ClN4. The van der Waals surface area contributed by atoms with E-state index in [2.05, 4.69) is 29.4 Å². The number of aromatic nitrogens is 3. The number of benzene rings is 1. The van der Waals surface area contributed by atoms with Gasteiger partial charge < -0.3 is 5.32 Å². The monoisotopic (exact) mass is 250 g/mol. The molecule has 2 aromatic rings. The Morgan fingerprint density at radius 2 is 2.00 bits per heavy atom. The number of rotatable bonds is 4. The molecule has 0 aliphatic rings. The van der Waals surface area contributed by atoms with Crippen LogP contribution in [0.2, 0.25) is 5.02 Å². The van der Waals surface area contributed by atoms with Crippen molar-refractivity contribution in [1.82, 2.24) is 20.3 Å². The molecule has 0 radical (unpaired) electrons. The number of halogens is 1. The highest BCUT2D eigenvalue weighted by Crippen LogP contribution is 2.11. The predicted octanol–water partition coefficient (Wildman–Crippen LogP) is 2.42. The van der Waals surface area contributed by atoms with E-state index in [1.807, 2.05) is 24.3 Å². The molecular weight excluding hydrogens is 236 g/mol. The highest BCUT2D eigenvalue weighted by Gasteiger charge is 2.03. The number of nitrogens with one attached hydrogen (secondary N) is 1.